The molecular formula is C11H15NO3. The summed E-state index contributed by atoms with van der Waals surface area (Å²) in [6.07, 6.45) is 1.82. The molecule has 0 amide bonds. The van der Waals surface area contributed by atoms with Crippen LogP contribution in [0.4, 0.5) is 0 Å². The highest BCUT2D eigenvalue weighted by atomic mass is 16.3. The minimum atomic E-state index is -0.338. The second-order valence-corrected chi connectivity index (χ2v) is 3.34. The summed E-state index contributed by atoms with van der Waals surface area (Å²) in [7, 11) is 0. The van der Waals surface area contributed by atoms with E-state index in [1.54, 1.807) is 0 Å². The Morgan fingerprint density at radius 3 is 2.67 bits per heavy atom. The third-order valence-electron chi connectivity index (χ3n) is 2.17. The third-order valence-corrected chi connectivity index (χ3v) is 2.17. The predicted molar refractivity (Wildman–Crippen MR) is 57.0 cm³/mol. The van der Waals surface area contributed by atoms with E-state index in [2.05, 4.69) is 0 Å². The van der Waals surface area contributed by atoms with Gasteiger partial charge in [0, 0.05) is 6.42 Å². The van der Waals surface area contributed by atoms with Crippen LogP contribution in [0.25, 0.3) is 0 Å². The minimum Gasteiger partial charge on any atom is -0.504 e. The first-order valence-corrected chi connectivity index (χ1v) is 4.91. The van der Waals surface area contributed by atoms with Gasteiger partial charge in [0.05, 0.1) is 5.56 Å². The maximum atomic E-state index is 11.6. The Morgan fingerprint density at radius 1 is 1.27 bits per heavy atom. The highest BCUT2D eigenvalue weighted by Crippen LogP contribution is 2.29. The molecule has 0 unspecified atom stereocenters. The molecule has 0 heterocycles. The van der Waals surface area contributed by atoms with Crippen LogP contribution in [0.2, 0.25) is 0 Å². The highest BCUT2D eigenvalue weighted by Gasteiger charge is 2.12. The molecule has 0 aromatic heterocycles. The van der Waals surface area contributed by atoms with Crippen LogP contribution >= 0.6 is 0 Å². The van der Waals surface area contributed by atoms with Gasteiger partial charge in [0.1, 0.15) is 0 Å². The van der Waals surface area contributed by atoms with Gasteiger partial charge in [-0.3, -0.25) is 4.79 Å². The van der Waals surface area contributed by atoms with E-state index in [9.17, 15) is 15.0 Å². The van der Waals surface area contributed by atoms with Crippen molar-refractivity contribution in [1.29, 1.82) is 0 Å². The summed E-state index contributed by atoms with van der Waals surface area (Å²) in [5, 5.41) is 18.6. The fourth-order valence-electron chi connectivity index (χ4n) is 1.32. The number of para-hydroxylation sites is 1. The van der Waals surface area contributed by atoms with Gasteiger partial charge in [-0.05, 0) is 31.5 Å². The van der Waals surface area contributed by atoms with Crippen molar-refractivity contribution in [1.82, 2.24) is 0 Å². The number of Topliss-reactive ketones (excluding diaryl/α,β-unsaturated/α-hetero) is 1. The van der Waals surface area contributed by atoms with E-state index >= 15 is 0 Å². The number of carbonyl (C=O) groups excluding carboxylic acids is 1. The Kier molecular flexibility index (Phi) is 4.12. The van der Waals surface area contributed by atoms with Gasteiger partial charge in [0.25, 0.3) is 0 Å². The second-order valence-electron chi connectivity index (χ2n) is 3.34. The number of phenols is 2. The van der Waals surface area contributed by atoms with Crippen LogP contribution in [-0.4, -0.2) is 22.5 Å². The van der Waals surface area contributed by atoms with Gasteiger partial charge in [0.2, 0.25) is 0 Å². The molecule has 0 saturated heterocycles. The molecule has 0 bridgehead atoms. The van der Waals surface area contributed by atoms with Crippen molar-refractivity contribution in [2.45, 2.75) is 19.3 Å². The van der Waals surface area contributed by atoms with E-state index in [4.69, 9.17) is 5.73 Å². The normalized spacial score (nSPS) is 10.2. The molecule has 0 aliphatic carbocycles. The number of ketones is 1. The topological polar surface area (TPSA) is 83.6 Å². The molecular weight excluding hydrogens is 194 g/mol. The summed E-state index contributed by atoms with van der Waals surface area (Å²) in [5.74, 6) is -0.772. The molecule has 0 saturated carbocycles. The molecule has 0 fully saturated rings. The van der Waals surface area contributed by atoms with Crippen molar-refractivity contribution in [3.63, 3.8) is 0 Å². The first kappa shape index (κ1) is 11.5. The van der Waals surface area contributed by atoms with Crippen molar-refractivity contribution in [3.05, 3.63) is 23.8 Å². The van der Waals surface area contributed by atoms with E-state index in [-0.39, 0.29) is 22.8 Å². The molecule has 4 nitrogen and oxygen atoms in total. The fraction of sp³-hybridized carbons (Fsp3) is 0.364. The van der Waals surface area contributed by atoms with Crippen LogP contribution in [0.5, 0.6) is 11.5 Å². The van der Waals surface area contributed by atoms with Crippen molar-refractivity contribution in [2.24, 2.45) is 5.73 Å². The van der Waals surface area contributed by atoms with Crippen LogP contribution in [0.3, 0.4) is 0 Å². The summed E-state index contributed by atoms with van der Waals surface area (Å²) in [4.78, 5) is 11.6. The standard InChI is InChI=1S/C11H15NO3/c12-7-2-1-5-9(13)8-4-3-6-10(14)11(8)15/h3-4,6,14-15H,1-2,5,7,12H2. The van der Waals surface area contributed by atoms with Crippen LogP contribution < -0.4 is 5.73 Å². The molecule has 1 rings (SSSR count). The Labute approximate surface area is 88.3 Å². The average Bonchev–Trinajstić information content (AvgIpc) is 2.22. The van der Waals surface area contributed by atoms with Gasteiger partial charge in [-0.15, -0.1) is 0 Å². The number of hydrogen-bond acceptors (Lipinski definition) is 4. The van der Waals surface area contributed by atoms with Crippen LogP contribution in [0.1, 0.15) is 29.6 Å². The Hall–Kier alpha value is -1.55. The number of unbranched alkanes of at least 4 members (excludes halogenated alkanes) is 1. The first-order chi connectivity index (χ1) is 7.16. The molecule has 4 heteroatoms. The fourth-order valence-corrected chi connectivity index (χ4v) is 1.32. The summed E-state index contributed by atoms with van der Waals surface area (Å²) < 4.78 is 0. The smallest absolute Gasteiger partial charge is 0.168 e. The van der Waals surface area contributed by atoms with Crippen LogP contribution in [0, 0.1) is 0 Å². The lowest BCUT2D eigenvalue weighted by Crippen LogP contribution is -2.03. The molecule has 15 heavy (non-hydrogen) atoms. The minimum absolute atomic E-state index is 0.170. The van der Waals surface area contributed by atoms with Gasteiger partial charge in [-0.2, -0.15) is 0 Å². The number of nitrogens with two attached hydrogens (primary N) is 1. The Balaban J connectivity index is 2.69. The lowest BCUT2D eigenvalue weighted by Gasteiger charge is -2.04. The zero-order valence-corrected chi connectivity index (χ0v) is 8.44. The first-order valence-electron chi connectivity index (χ1n) is 4.91. The van der Waals surface area contributed by atoms with E-state index in [0.29, 0.717) is 19.4 Å². The van der Waals surface area contributed by atoms with Gasteiger partial charge >= 0.3 is 0 Å². The molecule has 0 aliphatic rings. The maximum Gasteiger partial charge on any atom is 0.168 e. The van der Waals surface area contributed by atoms with Crippen molar-refractivity contribution in [2.75, 3.05) is 6.54 Å². The van der Waals surface area contributed by atoms with E-state index in [1.165, 1.54) is 18.2 Å². The van der Waals surface area contributed by atoms with E-state index in [0.717, 1.165) is 6.42 Å². The van der Waals surface area contributed by atoms with Crippen molar-refractivity contribution >= 4 is 5.78 Å². The van der Waals surface area contributed by atoms with E-state index < -0.39 is 0 Å². The third kappa shape index (κ3) is 2.95. The average molecular weight is 209 g/mol. The zero-order chi connectivity index (χ0) is 11.3. The SMILES string of the molecule is NCCCCC(=O)c1cccc(O)c1O. The lowest BCUT2D eigenvalue weighted by molar-refractivity contribution is 0.0976. The largest absolute Gasteiger partial charge is 0.504 e. The van der Waals surface area contributed by atoms with Gasteiger partial charge in [0.15, 0.2) is 17.3 Å². The maximum absolute atomic E-state index is 11.6. The van der Waals surface area contributed by atoms with Crippen molar-refractivity contribution in [3.8, 4) is 11.5 Å². The molecule has 82 valence electrons. The van der Waals surface area contributed by atoms with Gasteiger partial charge in [-0.1, -0.05) is 6.07 Å². The van der Waals surface area contributed by atoms with Crippen molar-refractivity contribution < 1.29 is 15.0 Å². The molecule has 0 atom stereocenters. The second kappa shape index (κ2) is 5.36. The summed E-state index contributed by atoms with van der Waals surface area (Å²) in [6.45, 7) is 0.555. The number of aromatic hydroxyl groups is 2. The number of hydrogen-bond donors (Lipinski definition) is 3. The predicted octanol–water partition coefficient (Wildman–Crippen LogP) is 1.41. The molecule has 0 spiro atoms. The van der Waals surface area contributed by atoms with Gasteiger partial charge in [-0.25, -0.2) is 0 Å². The Morgan fingerprint density at radius 2 is 2.00 bits per heavy atom. The summed E-state index contributed by atoms with van der Waals surface area (Å²) in [5.41, 5.74) is 5.48. The molecule has 4 N–H and O–H groups in total. The summed E-state index contributed by atoms with van der Waals surface area (Å²) >= 11 is 0. The quantitative estimate of drug-likeness (QED) is 0.389. The molecule has 0 aliphatic heterocycles. The summed E-state index contributed by atoms with van der Waals surface area (Å²) in [6, 6.07) is 4.37. The number of rotatable bonds is 5. The molecule has 1 aromatic carbocycles. The zero-order valence-electron chi connectivity index (χ0n) is 8.44. The highest BCUT2D eigenvalue weighted by molar-refractivity contribution is 5.99. The monoisotopic (exact) mass is 209 g/mol. The number of benzene rings is 1. The number of phenolic OH excluding ortho intramolecular Hbond substituents is 2. The van der Waals surface area contributed by atoms with Crippen LogP contribution in [0.15, 0.2) is 18.2 Å². The van der Waals surface area contributed by atoms with Crippen LogP contribution in [-0.2, 0) is 0 Å². The molecule has 1 aromatic rings. The Bertz CT molecular complexity index is 350. The molecule has 0 radical (unpaired) electrons. The van der Waals surface area contributed by atoms with Gasteiger partial charge < -0.3 is 15.9 Å². The lowest BCUT2D eigenvalue weighted by atomic mass is 10.0. The van der Waals surface area contributed by atoms with E-state index in [1.807, 2.05) is 0 Å². The number of carbonyl (C=O) groups is 1.